The number of methoxy groups -OCH3 is 6. The third-order valence-corrected chi connectivity index (χ3v) is 11.7. The first-order valence-electron chi connectivity index (χ1n) is 19.6. The van der Waals surface area contributed by atoms with Crippen molar-refractivity contribution in [3.63, 3.8) is 0 Å². The monoisotopic (exact) mass is 788 g/mol. The fourth-order valence-corrected chi connectivity index (χ4v) is 8.61. The van der Waals surface area contributed by atoms with E-state index in [1.54, 1.807) is 42.7 Å². The topological polar surface area (TPSA) is 89.6 Å². The molecule has 0 fully saturated rings. The van der Waals surface area contributed by atoms with Crippen LogP contribution in [0.3, 0.4) is 0 Å². The zero-order chi connectivity index (χ0) is 40.5. The molecular weight excluding hydrogens is 737 g/mol. The van der Waals surface area contributed by atoms with Gasteiger partial charge < -0.3 is 42.6 Å². The molecule has 5 aromatic carbocycles. The molecule has 11 nitrogen and oxygen atoms in total. The molecule has 5 aromatic rings. The summed E-state index contributed by atoms with van der Waals surface area (Å²) in [6, 6.07) is 24.8. The van der Waals surface area contributed by atoms with E-state index in [4.69, 9.17) is 42.6 Å². The zero-order valence-electron chi connectivity index (χ0n) is 34.6. The molecule has 2 atom stereocenters. The van der Waals surface area contributed by atoms with Gasteiger partial charge in [-0.3, -0.25) is 9.80 Å². The van der Waals surface area contributed by atoms with Gasteiger partial charge in [0.1, 0.15) is 12.4 Å². The van der Waals surface area contributed by atoms with E-state index in [1.165, 1.54) is 16.7 Å². The van der Waals surface area contributed by atoms with Crippen LogP contribution in [-0.4, -0.2) is 79.6 Å². The van der Waals surface area contributed by atoms with Gasteiger partial charge in [-0.1, -0.05) is 18.2 Å². The van der Waals surface area contributed by atoms with Crippen LogP contribution in [0.1, 0.15) is 51.0 Å². The van der Waals surface area contributed by atoms with Crippen LogP contribution in [0, 0.1) is 0 Å². The number of fused-ring (bicyclic) bond motifs is 2. The van der Waals surface area contributed by atoms with Crippen LogP contribution >= 0.6 is 0 Å². The molecule has 4 aliphatic heterocycles. The zero-order valence-corrected chi connectivity index (χ0v) is 34.6. The van der Waals surface area contributed by atoms with Crippen LogP contribution in [0.2, 0.25) is 0 Å². The van der Waals surface area contributed by atoms with Crippen molar-refractivity contribution in [2.75, 3.05) is 69.8 Å². The predicted molar refractivity (Wildman–Crippen MR) is 222 cm³/mol. The average Bonchev–Trinajstić information content (AvgIpc) is 3.24. The summed E-state index contributed by atoms with van der Waals surface area (Å²) in [6.07, 6.45) is 3.20. The molecule has 0 saturated heterocycles. The first-order chi connectivity index (χ1) is 28.2. The predicted octanol–water partition coefficient (Wildman–Crippen LogP) is 8.76. The van der Waals surface area contributed by atoms with Crippen molar-refractivity contribution >= 4 is 0 Å². The lowest BCUT2D eigenvalue weighted by Crippen LogP contribution is -2.34. The van der Waals surface area contributed by atoms with Crippen LogP contribution in [0.4, 0.5) is 0 Å². The summed E-state index contributed by atoms with van der Waals surface area (Å²) in [7, 11) is 14.2. The van der Waals surface area contributed by atoms with Crippen molar-refractivity contribution in [1.29, 1.82) is 0 Å². The van der Waals surface area contributed by atoms with Crippen LogP contribution in [0.15, 0.2) is 72.8 Å². The Morgan fingerprint density at radius 3 is 1.81 bits per heavy atom. The lowest BCUT2D eigenvalue weighted by Gasteiger charge is -2.37. The van der Waals surface area contributed by atoms with E-state index in [2.05, 4.69) is 66.4 Å². The Labute approximate surface area is 340 Å². The number of hydrogen-bond acceptors (Lipinski definition) is 11. The highest BCUT2D eigenvalue weighted by molar-refractivity contribution is 5.64. The third kappa shape index (κ3) is 7.40. The Morgan fingerprint density at radius 1 is 0.552 bits per heavy atom. The van der Waals surface area contributed by atoms with Crippen LogP contribution in [-0.2, 0) is 32.3 Å². The molecule has 0 aliphatic carbocycles. The molecule has 0 amide bonds. The standard InChI is InChI=1S/C47H52N2O9/c1-48-17-15-31-24-38(50-3)40-26-34(31)35(48)19-28-9-12-33(13-10-28)57-39-21-29(11-14-37(39)56-27-30-22-41(51-4)45(54-7)42(23-30)52-5)20-36-44-32(16-18-49(36)2)25-43(53-6)46(55-8)47(44)58-40/h9-14,21-26,35-36H,15-20,27H2,1-8H3/t35-,36+/m0/s1. The number of nitrogens with zero attached hydrogens (tertiary/aromatic N) is 2. The van der Waals surface area contributed by atoms with Gasteiger partial charge in [-0.05, 0) is 128 Å². The fraction of sp³-hybridized carbons (Fsp3) is 0.362. The SMILES string of the molecule is COc1cc2c3cc1Oc1c(OC)c(OC)cc4c1[C@@H](Cc1ccc(OCc5cc(OC)c(OC)c(OC)c5)c(c1)Oc1ccc(cc1)C[C@@H]3N(C)CC2)N(C)CC4. The Balaban J connectivity index is 1.26. The summed E-state index contributed by atoms with van der Waals surface area (Å²) in [5.41, 5.74) is 7.80. The van der Waals surface area contributed by atoms with Gasteiger partial charge in [-0.2, -0.15) is 0 Å². The first-order valence-corrected chi connectivity index (χ1v) is 19.6. The number of rotatable bonds is 9. The van der Waals surface area contributed by atoms with Gasteiger partial charge >= 0.3 is 0 Å². The quantitative estimate of drug-likeness (QED) is 0.144. The van der Waals surface area contributed by atoms with Gasteiger partial charge in [0, 0.05) is 30.7 Å². The van der Waals surface area contributed by atoms with Crippen molar-refractivity contribution in [1.82, 2.24) is 9.80 Å². The molecule has 0 radical (unpaired) electrons. The molecule has 0 aromatic heterocycles. The van der Waals surface area contributed by atoms with E-state index in [0.29, 0.717) is 63.9 Å². The smallest absolute Gasteiger partial charge is 0.204 e. The lowest BCUT2D eigenvalue weighted by molar-refractivity contribution is 0.220. The Kier molecular flexibility index (Phi) is 11.2. The number of hydrogen-bond donors (Lipinski definition) is 0. The summed E-state index contributed by atoms with van der Waals surface area (Å²) in [5.74, 6) is 6.70. The normalized spacial score (nSPS) is 17.4. The maximum Gasteiger partial charge on any atom is 0.204 e. The van der Waals surface area contributed by atoms with Crippen LogP contribution in [0.25, 0.3) is 0 Å². The summed E-state index contributed by atoms with van der Waals surface area (Å²) in [4.78, 5) is 4.80. The van der Waals surface area contributed by atoms with Gasteiger partial charge in [0.15, 0.2) is 46.0 Å². The largest absolute Gasteiger partial charge is 0.493 e. The van der Waals surface area contributed by atoms with E-state index in [9.17, 15) is 0 Å². The van der Waals surface area contributed by atoms with E-state index >= 15 is 0 Å². The summed E-state index contributed by atoms with van der Waals surface area (Å²) in [6.45, 7) is 2.03. The molecule has 0 N–H and O–H groups in total. The summed E-state index contributed by atoms with van der Waals surface area (Å²) >= 11 is 0. The molecule has 58 heavy (non-hydrogen) atoms. The lowest BCUT2D eigenvalue weighted by atomic mass is 9.87. The van der Waals surface area contributed by atoms with Gasteiger partial charge in [0.2, 0.25) is 11.5 Å². The maximum absolute atomic E-state index is 7.11. The van der Waals surface area contributed by atoms with Crippen molar-refractivity contribution < 1.29 is 42.6 Å². The highest BCUT2D eigenvalue weighted by Gasteiger charge is 2.35. The molecule has 6 bridgehead atoms. The minimum absolute atomic E-state index is 0.0712. The van der Waals surface area contributed by atoms with Crippen molar-refractivity contribution in [3.05, 3.63) is 112 Å². The molecule has 0 spiro atoms. The molecule has 4 heterocycles. The molecule has 304 valence electrons. The first kappa shape index (κ1) is 39.1. The second-order valence-electron chi connectivity index (χ2n) is 15.1. The number of ether oxygens (including phenoxy) is 9. The second kappa shape index (κ2) is 16.6. The van der Waals surface area contributed by atoms with E-state index in [-0.39, 0.29) is 18.7 Å². The van der Waals surface area contributed by atoms with Crippen molar-refractivity contribution in [2.24, 2.45) is 0 Å². The van der Waals surface area contributed by atoms with Crippen LogP contribution < -0.4 is 42.6 Å². The Bertz CT molecular complexity index is 2270. The van der Waals surface area contributed by atoms with Crippen LogP contribution in [0.5, 0.6) is 63.2 Å². The maximum atomic E-state index is 7.11. The summed E-state index contributed by atoms with van der Waals surface area (Å²) in [5, 5.41) is 0. The summed E-state index contributed by atoms with van der Waals surface area (Å²) < 4.78 is 55.2. The van der Waals surface area contributed by atoms with Gasteiger partial charge in [-0.25, -0.2) is 0 Å². The fourth-order valence-electron chi connectivity index (χ4n) is 8.61. The second-order valence-corrected chi connectivity index (χ2v) is 15.1. The van der Waals surface area contributed by atoms with E-state index in [0.717, 1.165) is 60.4 Å². The molecule has 0 saturated carbocycles. The number of likely N-dealkylation sites (N-methyl/N-ethyl adjacent to an activating group) is 2. The van der Waals surface area contributed by atoms with Crippen molar-refractivity contribution in [2.45, 2.75) is 44.4 Å². The highest BCUT2D eigenvalue weighted by Crippen LogP contribution is 2.52. The van der Waals surface area contributed by atoms with E-state index < -0.39 is 0 Å². The molecule has 0 unspecified atom stereocenters. The molecular formula is C47H52N2O9. The molecule has 4 aliphatic rings. The highest BCUT2D eigenvalue weighted by atomic mass is 16.6. The van der Waals surface area contributed by atoms with Gasteiger partial charge in [0.05, 0.1) is 42.7 Å². The average molecular weight is 789 g/mol. The van der Waals surface area contributed by atoms with Gasteiger partial charge in [-0.15, -0.1) is 0 Å². The molecule has 11 heteroatoms. The van der Waals surface area contributed by atoms with Gasteiger partial charge in [0.25, 0.3) is 0 Å². The minimum atomic E-state index is -0.0712. The molecule has 9 rings (SSSR count). The Hall–Kier alpha value is -5.78. The Morgan fingerprint density at radius 2 is 1.14 bits per heavy atom. The minimum Gasteiger partial charge on any atom is -0.493 e. The number of benzene rings is 5. The van der Waals surface area contributed by atoms with E-state index in [1.807, 2.05) is 30.3 Å². The third-order valence-electron chi connectivity index (χ3n) is 11.7. The van der Waals surface area contributed by atoms with Crippen molar-refractivity contribution in [3.8, 4) is 63.2 Å².